The number of rotatable bonds is 0. The van der Waals surface area contributed by atoms with E-state index in [0.29, 0.717) is 5.92 Å². The van der Waals surface area contributed by atoms with Crippen LogP contribution in [0.4, 0.5) is 11.4 Å². The van der Waals surface area contributed by atoms with Crippen molar-refractivity contribution >= 4 is 56.0 Å². The fourth-order valence-corrected chi connectivity index (χ4v) is 6.77. The first-order chi connectivity index (χ1) is 14.6. The van der Waals surface area contributed by atoms with Gasteiger partial charge in [-0.05, 0) is 47.4 Å². The predicted molar refractivity (Wildman–Crippen MR) is 134 cm³/mol. The lowest BCUT2D eigenvalue weighted by atomic mass is 9.70. The fraction of sp³-hybridized carbons (Fsp3) is 0.185. The van der Waals surface area contributed by atoms with Crippen molar-refractivity contribution in [2.45, 2.75) is 31.6 Å². The summed E-state index contributed by atoms with van der Waals surface area (Å²) in [4.78, 5) is 2.56. The lowest BCUT2D eigenvalue weighted by Crippen LogP contribution is -2.34. The highest BCUT2D eigenvalue weighted by molar-refractivity contribution is 14.1. The molecule has 0 saturated heterocycles. The van der Waals surface area contributed by atoms with E-state index < -0.39 is 0 Å². The second-order valence-corrected chi connectivity index (χ2v) is 10.2. The second-order valence-electron chi connectivity index (χ2n) is 9.19. The van der Waals surface area contributed by atoms with Gasteiger partial charge in [-0.25, -0.2) is 0 Å². The zero-order chi connectivity index (χ0) is 20.2. The SMILES string of the molecule is CC1(C)C2=C3C(CC=C2)c2ccccc2N3c2cc3c(cc21)c1ccccc1n3I. The summed E-state index contributed by atoms with van der Waals surface area (Å²) in [5.41, 5.74) is 11.1. The lowest BCUT2D eigenvalue weighted by molar-refractivity contribution is 0.599. The minimum atomic E-state index is -0.0267. The van der Waals surface area contributed by atoms with Crippen LogP contribution in [0.2, 0.25) is 0 Å². The molecule has 0 spiro atoms. The van der Waals surface area contributed by atoms with E-state index in [4.69, 9.17) is 0 Å². The number of hydrogen-bond acceptors (Lipinski definition) is 1. The van der Waals surface area contributed by atoms with Gasteiger partial charge in [-0.3, -0.25) is 2.78 Å². The zero-order valence-electron chi connectivity index (χ0n) is 17.0. The number of hydrogen-bond donors (Lipinski definition) is 0. The molecule has 3 heteroatoms. The molecule has 1 atom stereocenters. The van der Waals surface area contributed by atoms with E-state index in [1.165, 1.54) is 55.6 Å². The normalized spacial score (nSPS) is 20.6. The molecule has 0 amide bonds. The second kappa shape index (κ2) is 5.58. The molecule has 0 saturated carbocycles. The standard InChI is InChI=1S/C27H21IN2/c1-27(2)20-11-7-10-18-16-8-3-5-12-22(16)29(26(18)20)25-15-24-19(14-21(25)27)17-9-4-6-13-23(17)30(24)28/h3-9,11-15,18H,10H2,1-2H3. The Labute approximate surface area is 190 Å². The molecule has 1 unspecified atom stereocenters. The summed E-state index contributed by atoms with van der Waals surface area (Å²) in [6.45, 7) is 4.80. The third-order valence-corrected chi connectivity index (χ3v) is 8.41. The predicted octanol–water partition coefficient (Wildman–Crippen LogP) is 7.73. The molecule has 0 fully saturated rings. The van der Waals surface area contributed by atoms with Crippen molar-refractivity contribution in [3.63, 3.8) is 0 Å². The molecule has 30 heavy (non-hydrogen) atoms. The van der Waals surface area contributed by atoms with E-state index in [-0.39, 0.29) is 5.41 Å². The van der Waals surface area contributed by atoms with E-state index >= 15 is 0 Å². The highest BCUT2D eigenvalue weighted by atomic mass is 127. The number of anilines is 2. The van der Waals surface area contributed by atoms with Gasteiger partial charge in [-0.1, -0.05) is 62.4 Å². The summed E-state index contributed by atoms with van der Waals surface area (Å²) in [7, 11) is 0. The van der Waals surface area contributed by atoms with Gasteiger partial charge in [0.15, 0.2) is 0 Å². The Morgan fingerprint density at radius 1 is 0.900 bits per heavy atom. The largest absolute Gasteiger partial charge is 0.313 e. The minimum Gasteiger partial charge on any atom is -0.313 e. The minimum absolute atomic E-state index is 0.0267. The van der Waals surface area contributed by atoms with Gasteiger partial charge in [0.1, 0.15) is 0 Å². The van der Waals surface area contributed by atoms with Crippen molar-refractivity contribution in [2.24, 2.45) is 0 Å². The maximum atomic E-state index is 2.56. The van der Waals surface area contributed by atoms with Crippen LogP contribution in [0.5, 0.6) is 0 Å². The van der Waals surface area contributed by atoms with Crippen molar-refractivity contribution in [3.05, 3.63) is 95.2 Å². The Morgan fingerprint density at radius 2 is 1.70 bits per heavy atom. The third kappa shape index (κ3) is 1.91. The van der Waals surface area contributed by atoms with Gasteiger partial charge >= 0.3 is 0 Å². The monoisotopic (exact) mass is 500 g/mol. The van der Waals surface area contributed by atoms with Crippen LogP contribution >= 0.6 is 22.9 Å². The van der Waals surface area contributed by atoms with Crippen molar-refractivity contribution < 1.29 is 0 Å². The molecule has 2 aliphatic heterocycles. The van der Waals surface area contributed by atoms with Crippen LogP contribution in [-0.2, 0) is 5.41 Å². The summed E-state index contributed by atoms with van der Waals surface area (Å²) < 4.78 is 2.32. The van der Waals surface area contributed by atoms with Gasteiger partial charge in [-0.2, -0.15) is 0 Å². The summed E-state index contributed by atoms with van der Waals surface area (Å²) in [6.07, 6.45) is 5.86. The maximum absolute atomic E-state index is 2.56. The fourth-order valence-electron chi connectivity index (χ4n) is 5.95. The van der Waals surface area contributed by atoms with Crippen LogP contribution in [-0.4, -0.2) is 2.78 Å². The Kier molecular flexibility index (Phi) is 3.20. The van der Waals surface area contributed by atoms with Crippen molar-refractivity contribution in [3.8, 4) is 0 Å². The first kappa shape index (κ1) is 17.2. The molecule has 3 aromatic carbocycles. The lowest BCUT2D eigenvalue weighted by Gasteiger charge is -2.42. The molecule has 2 nitrogen and oxygen atoms in total. The first-order valence-electron chi connectivity index (χ1n) is 10.6. The molecule has 146 valence electrons. The van der Waals surface area contributed by atoms with Crippen molar-refractivity contribution in [1.29, 1.82) is 0 Å². The van der Waals surface area contributed by atoms with E-state index in [2.05, 4.69) is 117 Å². The molecular formula is C27H21IN2. The molecule has 0 N–H and O–H groups in total. The number of nitrogens with zero attached hydrogens (tertiary/aromatic N) is 2. The molecule has 1 aliphatic carbocycles. The van der Waals surface area contributed by atoms with Crippen LogP contribution < -0.4 is 4.90 Å². The summed E-state index contributed by atoms with van der Waals surface area (Å²) >= 11 is 2.46. The van der Waals surface area contributed by atoms with Crippen molar-refractivity contribution in [1.82, 2.24) is 2.78 Å². The van der Waals surface area contributed by atoms with E-state index in [9.17, 15) is 0 Å². The number of para-hydroxylation sites is 2. The highest BCUT2D eigenvalue weighted by Crippen LogP contribution is 2.60. The Morgan fingerprint density at radius 3 is 2.60 bits per heavy atom. The van der Waals surface area contributed by atoms with Crippen LogP contribution in [0.3, 0.4) is 0 Å². The van der Waals surface area contributed by atoms with Crippen LogP contribution in [0.1, 0.15) is 37.3 Å². The van der Waals surface area contributed by atoms with Gasteiger partial charge in [0.2, 0.25) is 0 Å². The molecule has 3 heterocycles. The molecule has 0 bridgehead atoms. The number of halogens is 1. The molecule has 3 aliphatic rings. The van der Waals surface area contributed by atoms with Crippen LogP contribution in [0.15, 0.2) is 84.1 Å². The molecule has 4 aromatic rings. The molecule has 7 rings (SSSR count). The number of fused-ring (bicyclic) bond motifs is 8. The summed E-state index contributed by atoms with van der Waals surface area (Å²) in [5, 5.41) is 2.68. The quantitative estimate of drug-likeness (QED) is 0.224. The van der Waals surface area contributed by atoms with Gasteiger partial charge in [0.25, 0.3) is 0 Å². The molecular weight excluding hydrogens is 479 g/mol. The molecule has 1 aromatic heterocycles. The highest BCUT2D eigenvalue weighted by Gasteiger charge is 2.46. The van der Waals surface area contributed by atoms with Gasteiger partial charge < -0.3 is 4.90 Å². The van der Waals surface area contributed by atoms with E-state index in [1.54, 1.807) is 0 Å². The summed E-state index contributed by atoms with van der Waals surface area (Å²) in [5.74, 6) is 0.467. The first-order valence-corrected chi connectivity index (χ1v) is 11.6. The summed E-state index contributed by atoms with van der Waals surface area (Å²) in [6, 6.07) is 22.6. The number of aromatic nitrogens is 1. The Balaban J connectivity index is 1.64. The zero-order valence-corrected chi connectivity index (χ0v) is 19.1. The smallest absolute Gasteiger partial charge is 0.0646 e. The molecule has 0 radical (unpaired) electrons. The number of benzene rings is 3. The topological polar surface area (TPSA) is 8.17 Å². The van der Waals surface area contributed by atoms with Crippen LogP contribution in [0.25, 0.3) is 21.8 Å². The van der Waals surface area contributed by atoms with Crippen LogP contribution in [0, 0.1) is 0 Å². The van der Waals surface area contributed by atoms with Gasteiger partial charge in [0, 0.05) is 33.5 Å². The van der Waals surface area contributed by atoms with E-state index in [1.807, 2.05) is 0 Å². The van der Waals surface area contributed by atoms with Crippen molar-refractivity contribution in [2.75, 3.05) is 4.90 Å². The van der Waals surface area contributed by atoms with Gasteiger partial charge in [-0.15, -0.1) is 0 Å². The third-order valence-electron chi connectivity index (χ3n) is 7.38. The Bertz CT molecular complexity index is 1470. The average Bonchev–Trinajstić information content (AvgIpc) is 3.25. The average molecular weight is 500 g/mol. The maximum Gasteiger partial charge on any atom is 0.0646 e. The number of allylic oxidation sites excluding steroid dienone is 4. The van der Waals surface area contributed by atoms with E-state index in [0.717, 1.165) is 6.42 Å². The van der Waals surface area contributed by atoms with Gasteiger partial charge in [0.05, 0.1) is 39.6 Å². The Hall–Kier alpha value is -2.53.